The summed E-state index contributed by atoms with van der Waals surface area (Å²) < 4.78 is 25.5. The molecule has 1 saturated heterocycles. The molecule has 0 atom stereocenters. The number of esters is 2. The van der Waals surface area contributed by atoms with Gasteiger partial charge in [-0.2, -0.15) is 0 Å². The highest BCUT2D eigenvalue weighted by Crippen LogP contribution is 2.34. The lowest BCUT2D eigenvalue weighted by atomic mass is 10.1. The van der Waals surface area contributed by atoms with Crippen LogP contribution in [0.15, 0.2) is 42.5 Å². The summed E-state index contributed by atoms with van der Waals surface area (Å²) in [7, 11) is 0. The van der Waals surface area contributed by atoms with Crippen molar-refractivity contribution in [1.29, 1.82) is 0 Å². The Morgan fingerprint density at radius 3 is 2.55 bits per heavy atom. The number of thiophene rings is 1. The third-order valence-corrected chi connectivity index (χ3v) is 6.16. The van der Waals surface area contributed by atoms with E-state index >= 15 is 0 Å². The van der Waals surface area contributed by atoms with Crippen molar-refractivity contribution in [3.63, 3.8) is 0 Å². The van der Waals surface area contributed by atoms with Gasteiger partial charge in [0.15, 0.2) is 0 Å². The summed E-state index contributed by atoms with van der Waals surface area (Å²) in [6.45, 7) is 1.50. The second-order valence-electron chi connectivity index (χ2n) is 7.13. The third-order valence-electron chi connectivity index (χ3n) is 4.98. The van der Waals surface area contributed by atoms with Crippen LogP contribution in [-0.2, 0) is 25.7 Å². The molecule has 0 saturated carbocycles. The van der Waals surface area contributed by atoms with Crippen molar-refractivity contribution in [3.8, 4) is 0 Å². The Morgan fingerprint density at radius 2 is 1.82 bits per heavy atom. The highest BCUT2D eigenvalue weighted by Gasteiger charge is 2.25. The summed E-state index contributed by atoms with van der Waals surface area (Å²) in [6.07, 6.45) is 0.231. The molecular weight excluding hydrogens is 451 g/mol. The number of amides is 2. The van der Waals surface area contributed by atoms with Crippen LogP contribution < -0.4 is 10.4 Å². The minimum Gasteiger partial charge on any atom is -0.462 e. The molecule has 4 rings (SSSR count). The zero-order valence-corrected chi connectivity index (χ0v) is 18.4. The Bertz CT molecular complexity index is 1250. The molecule has 10 heteroatoms. The van der Waals surface area contributed by atoms with E-state index in [4.69, 9.17) is 9.47 Å². The van der Waals surface area contributed by atoms with Crippen LogP contribution in [0.5, 0.6) is 0 Å². The summed E-state index contributed by atoms with van der Waals surface area (Å²) in [5, 5.41) is 1.35. The maximum absolute atomic E-state index is 14.5. The minimum atomic E-state index is -0.693. The second-order valence-corrected chi connectivity index (χ2v) is 8.18. The number of carbonyl (C=O) groups is 4. The number of hydrazine groups is 1. The molecule has 1 aliphatic heterocycles. The average molecular weight is 470 g/mol. The zero-order valence-electron chi connectivity index (χ0n) is 17.6. The van der Waals surface area contributed by atoms with E-state index in [-0.39, 0.29) is 59.3 Å². The first-order valence-corrected chi connectivity index (χ1v) is 11.0. The standard InChI is InChI=1S/C23H19FN2O6S/c1-2-31-23(30)21-15(20-16(24)4-3-5-17(20)33-21)12-32-22(29)13-6-8-14(9-7-13)26-19(28)11-10-18(27)25-26/h3-9H,2,10-12H2,1H3,(H,25,27). The molecule has 1 aliphatic rings. The van der Waals surface area contributed by atoms with Gasteiger partial charge in [-0.3, -0.25) is 15.0 Å². The second kappa shape index (κ2) is 9.37. The number of benzene rings is 2. The monoisotopic (exact) mass is 470 g/mol. The van der Waals surface area contributed by atoms with E-state index in [9.17, 15) is 23.6 Å². The topological polar surface area (TPSA) is 102 Å². The van der Waals surface area contributed by atoms with Gasteiger partial charge in [0.1, 0.15) is 17.3 Å². The highest BCUT2D eigenvalue weighted by atomic mass is 32.1. The first-order valence-electron chi connectivity index (χ1n) is 10.2. The SMILES string of the molecule is CCOC(=O)c1sc2cccc(F)c2c1COC(=O)c1ccc(N2NC(=O)CCC2=O)cc1. The van der Waals surface area contributed by atoms with Gasteiger partial charge in [0, 0.05) is 28.5 Å². The molecule has 170 valence electrons. The molecule has 1 aromatic heterocycles. The fraction of sp³-hybridized carbons (Fsp3) is 0.217. The van der Waals surface area contributed by atoms with Crippen LogP contribution in [0.4, 0.5) is 10.1 Å². The molecule has 1 fully saturated rings. The van der Waals surface area contributed by atoms with E-state index in [0.717, 1.165) is 16.3 Å². The number of rotatable bonds is 6. The Kier molecular flexibility index (Phi) is 6.36. The molecule has 0 spiro atoms. The number of hydrogen-bond acceptors (Lipinski definition) is 7. The van der Waals surface area contributed by atoms with Gasteiger partial charge in [0.25, 0.3) is 0 Å². The molecule has 2 amide bonds. The van der Waals surface area contributed by atoms with E-state index in [2.05, 4.69) is 5.43 Å². The van der Waals surface area contributed by atoms with Gasteiger partial charge in [0.2, 0.25) is 11.8 Å². The summed E-state index contributed by atoms with van der Waals surface area (Å²) in [5.41, 5.74) is 3.31. The Labute approximate surface area is 191 Å². The highest BCUT2D eigenvalue weighted by molar-refractivity contribution is 7.21. The average Bonchev–Trinajstić information content (AvgIpc) is 3.19. The molecule has 3 aromatic rings. The fourth-order valence-corrected chi connectivity index (χ4v) is 4.53. The zero-order chi connectivity index (χ0) is 23.5. The number of hydrogen-bond donors (Lipinski definition) is 1. The van der Waals surface area contributed by atoms with Crippen LogP contribution in [0.25, 0.3) is 10.1 Å². The Hall–Kier alpha value is -3.79. The summed E-state index contributed by atoms with van der Waals surface area (Å²) >= 11 is 1.07. The predicted molar refractivity (Wildman–Crippen MR) is 118 cm³/mol. The molecule has 0 bridgehead atoms. The molecule has 0 unspecified atom stereocenters. The van der Waals surface area contributed by atoms with Crippen LogP contribution in [0.3, 0.4) is 0 Å². The normalized spacial score (nSPS) is 13.7. The maximum atomic E-state index is 14.5. The number of ether oxygens (including phenoxy) is 2. The quantitative estimate of drug-likeness (QED) is 0.551. The van der Waals surface area contributed by atoms with Crippen molar-refractivity contribution in [2.45, 2.75) is 26.4 Å². The molecule has 2 aromatic carbocycles. The number of carbonyl (C=O) groups excluding carboxylic acids is 4. The van der Waals surface area contributed by atoms with E-state index in [1.807, 2.05) is 0 Å². The largest absolute Gasteiger partial charge is 0.462 e. The van der Waals surface area contributed by atoms with Crippen molar-refractivity contribution < 1.29 is 33.0 Å². The predicted octanol–water partition coefficient (Wildman–Crippen LogP) is 3.73. The molecule has 0 radical (unpaired) electrons. The van der Waals surface area contributed by atoms with Gasteiger partial charge in [-0.1, -0.05) is 6.07 Å². The number of halogens is 1. The summed E-state index contributed by atoms with van der Waals surface area (Å²) in [5.74, 6) is -2.36. The van der Waals surface area contributed by atoms with Gasteiger partial charge in [-0.25, -0.2) is 19.0 Å². The van der Waals surface area contributed by atoms with Gasteiger partial charge in [-0.05, 0) is 43.3 Å². The van der Waals surface area contributed by atoms with E-state index in [1.165, 1.54) is 36.4 Å². The van der Waals surface area contributed by atoms with Crippen LogP contribution >= 0.6 is 11.3 Å². The van der Waals surface area contributed by atoms with Crippen molar-refractivity contribution in [1.82, 2.24) is 5.43 Å². The lowest BCUT2D eigenvalue weighted by molar-refractivity contribution is -0.130. The lowest BCUT2D eigenvalue weighted by Gasteiger charge is -2.27. The number of fused-ring (bicyclic) bond motifs is 1. The molecule has 2 heterocycles. The van der Waals surface area contributed by atoms with Crippen molar-refractivity contribution in [3.05, 3.63) is 64.3 Å². The van der Waals surface area contributed by atoms with Crippen LogP contribution in [0, 0.1) is 5.82 Å². The van der Waals surface area contributed by atoms with Gasteiger partial charge in [-0.15, -0.1) is 11.3 Å². The Balaban J connectivity index is 1.53. The lowest BCUT2D eigenvalue weighted by Crippen LogP contribution is -2.50. The van der Waals surface area contributed by atoms with Crippen molar-refractivity contribution in [2.24, 2.45) is 0 Å². The third kappa shape index (κ3) is 4.56. The van der Waals surface area contributed by atoms with Crippen molar-refractivity contribution in [2.75, 3.05) is 11.6 Å². The van der Waals surface area contributed by atoms with Gasteiger partial charge >= 0.3 is 11.9 Å². The molecule has 8 nitrogen and oxygen atoms in total. The number of nitrogens with one attached hydrogen (secondary N) is 1. The first kappa shape index (κ1) is 22.4. The van der Waals surface area contributed by atoms with Crippen molar-refractivity contribution >= 4 is 50.9 Å². The van der Waals surface area contributed by atoms with E-state index < -0.39 is 17.8 Å². The van der Waals surface area contributed by atoms with E-state index in [1.54, 1.807) is 13.0 Å². The molecule has 33 heavy (non-hydrogen) atoms. The Morgan fingerprint density at radius 1 is 1.06 bits per heavy atom. The van der Waals surface area contributed by atoms with Gasteiger partial charge < -0.3 is 9.47 Å². The first-order chi connectivity index (χ1) is 15.9. The molecule has 1 N–H and O–H groups in total. The maximum Gasteiger partial charge on any atom is 0.348 e. The fourth-order valence-electron chi connectivity index (χ4n) is 3.42. The summed E-state index contributed by atoms with van der Waals surface area (Å²) in [6, 6.07) is 10.4. The van der Waals surface area contributed by atoms with Crippen LogP contribution in [-0.4, -0.2) is 30.4 Å². The number of nitrogens with zero attached hydrogens (tertiary/aromatic N) is 1. The minimum absolute atomic E-state index is 0.101. The molecule has 0 aliphatic carbocycles. The smallest absolute Gasteiger partial charge is 0.348 e. The number of anilines is 1. The van der Waals surface area contributed by atoms with E-state index in [0.29, 0.717) is 10.4 Å². The van der Waals surface area contributed by atoms with Crippen LogP contribution in [0.1, 0.15) is 45.4 Å². The van der Waals surface area contributed by atoms with Crippen LogP contribution in [0.2, 0.25) is 0 Å². The molecular formula is C23H19FN2O6S. The summed E-state index contributed by atoms with van der Waals surface area (Å²) in [4.78, 5) is 48.7. The van der Waals surface area contributed by atoms with Gasteiger partial charge in [0.05, 0.1) is 17.9 Å².